The molecular formula is C17H21NO. The van der Waals surface area contributed by atoms with Crippen LogP contribution in [0.5, 0.6) is 0 Å². The second-order valence-electron chi connectivity index (χ2n) is 4.91. The maximum absolute atomic E-state index is 9.45. The Balaban J connectivity index is 2.10. The Kier molecular flexibility index (Phi) is 5.13. The Hall–Kier alpha value is -1.64. The minimum Gasteiger partial charge on any atom is -0.392 e. The first kappa shape index (κ1) is 13.8. The monoisotopic (exact) mass is 255 g/mol. The standard InChI is InChI=1S/C17H21NO/c1-14(19)13-18-17(16-10-6-3-7-11-16)12-15-8-4-2-5-9-15/h2-11,14,17-19H,12-13H2,1H3. The van der Waals surface area contributed by atoms with Crippen molar-refractivity contribution in [3.05, 3.63) is 71.8 Å². The fourth-order valence-electron chi connectivity index (χ4n) is 2.16. The van der Waals surface area contributed by atoms with Gasteiger partial charge >= 0.3 is 0 Å². The predicted octanol–water partition coefficient (Wildman–Crippen LogP) is 2.94. The number of rotatable bonds is 6. The van der Waals surface area contributed by atoms with Gasteiger partial charge in [0.05, 0.1) is 6.10 Å². The lowest BCUT2D eigenvalue weighted by atomic mass is 9.99. The molecular weight excluding hydrogens is 234 g/mol. The molecule has 0 fully saturated rings. The van der Waals surface area contributed by atoms with E-state index in [-0.39, 0.29) is 12.1 Å². The van der Waals surface area contributed by atoms with Gasteiger partial charge in [-0.25, -0.2) is 0 Å². The first-order valence-corrected chi connectivity index (χ1v) is 6.76. The second kappa shape index (κ2) is 7.07. The first-order valence-electron chi connectivity index (χ1n) is 6.76. The smallest absolute Gasteiger partial charge is 0.0636 e. The lowest BCUT2D eigenvalue weighted by Crippen LogP contribution is -2.30. The normalized spacial score (nSPS) is 14.0. The van der Waals surface area contributed by atoms with Crippen LogP contribution in [0.15, 0.2) is 60.7 Å². The van der Waals surface area contributed by atoms with Gasteiger partial charge in [-0.15, -0.1) is 0 Å². The molecule has 2 nitrogen and oxygen atoms in total. The molecule has 0 radical (unpaired) electrons. The van der Waals surface area contributed by atoms with Crippen molar-refractivity contribution >= 4 is 0 Å². The summed E-state index contributed by atoms with van der Waals surface area (Å²) in [4.78, 5) is 0. The van der Waals surface area contributed by atoms with E-state index in [2.05, 4.69) is 53.8 Å². The molecule has 2 atom stereocenters. The van der Waals surface area contributed by atoms with Gasteiger partial charge in [-0.2, -0.15) is 0 Å². The molecule has 0 aromatic heterocycles. The zero-order valence-electron chi connectivity index (χ0n) is 11.3. The van der Waals surface area contributed by atoms with E-state index in [9.17, 15) is 5.11 Å². The Morgan fingerprint density at radius 2 is 1.53 bits per heavy atom. The molecule has 0 aliphatic rings. The molecule has 2 N–H and O–H groups in total. The van der Waals surface area contributed by atoms with Crippen molar-refractivity contribution in [1.29, 1.82) is 0 Å². The summed E-state index contributed by atoms with van der Waals surface area (Å²) >= 11 is 0. The molecule has 0 bridgehead atoms. The van der Waals surface area contributed by atoms with Crippen LogP contribution in [0.25, 0.3) is 0 Å². The Morgan fingerprint density at radius 3 is 2.11 bits per heavy atom. The third-order valence-electron chi connectivity index (χ3n) is 3.14. The number of benzene rings is 2. The van der Waals surface area contributed by atoms with Crippen molar-refractivity contribution in [3.8, 4) is 0 Å². The number of hydrogen-bond donors (Lipinski definition) is 2. The average Bonchev–Trinajstić information content (AvgIpc) is 2.45. The SMILES string of the molecule is CC(O)CNC(Cc1ccccc1)c1ccccc1. The quantitative estimate of drug-likeness (QED) is 0.832. The van der Waals surface area contributed by atoms with Crippen LogP contribution in [0, 0.1) is 0 Å². The fraction of sp³-hybridized carbons (Fsp3) is 0.294. The summed E-state index contributed by atoms with van der Waals surface area (Å²) in [5.41, 5.74) is 2.56. The number of hydrogen-bond acceptors (Lipinski definition) is 2. The highest BCUT2D eigenvalue weighted by Crippen LogP contribution is 2.18. The predicted molar refractivity (Wildman–Crippen MR) is 79.0 cm³/mol. The van der Waals surface area contributed by atoms with Crippen LogP contribution in [-0.4, -0.2) is 17.8 Å². The topological polar surface area (TPSA) is 32.3 Å². The lowest BCUT2D eigenvalue weighted by molar-refractivity contribution is 0.186. The van der Waals surface area contributed by atoms with Crippen molar-refractivity contribution in [1.82, 2.24) is 5.32 Å². The molecule has 2 aromatic carbocycles. The van der Waals surface area contributed by atoms with E-state index in [1.54, 1.807) is 6.92 Å². The van der Waals surface area contributed by atoms with Crippen LogP contribution in [0.2, 0.25) is 0 Å². The Labute approximate surface area is 115 Å². The van der Waals surface area contributed by atoms with E-state index in [1.807, 2.05) is 12.1 Å². The Bertz CT molecular complexity index is 467. The van der Waals surface area contributed by atoms with Gasteiger partial charge in [0.1, 0.15) is 0 Å². The number of nitrogens with one attached hydrogen (secondary N) is 1. The summed E-state index contributed by atoms with van der Waals surface area (Å²) in [5.74, 6) is 0. The summed E-state index contributed by atoms with van der Waals surface area (Å²) < 4.78 is 0. The van der Waals surface area contributed by atoms with Crippen LogP contribution < -0.4 is 5.32 Å². The minimum atomic E-state index is -0.331. The molecule has 0 spiro atoms. The zero-order valence-corrected chi connectivity index (χ0v) is 11.3. The van der Waals surface area contributed by atoms with Crippen molar-refractivity contribution in [2.75, 3.05) is 6.54 Å². The van der Waals surface area contributed by atoms with E-state index in [0.29, 0.717) is 6.54 Å². The summed E-state index contributed by atoms with van der Waals surface area (Å²) in [6.45, 7) is 2.41. The van der Waals surface area contributed by atoms with Gasteiger partial charge in [0.15, 0.2) is 0 Å². The summed E-state index contributed by atoms with van der Waals surface area (Å²) in [5, 5.41) is 12.9. The summed E-state index contributed by atoms with van der Waals surface area (Å²) in [6, 6.07) is 21.1. The van der Waals surface area contributed by atoms with Gasteiger partial charge in [0, 0.05) is 12.6 Å². The molecule has 2 aromatic rings. The molecule has 0 heterocycles. The largest absolute Gasteiger partial charge is 0.392 e. The first-order chi connectivity index (χ1) is 9.25. The summed E-state index contributed by atoms with van der Waals surface area (Å²) in [7, 11) is 0. The summed E-state index contributed by atoms with van der Waals surface area (Å²) in [6.07, 6.45) is 0.597. The third kappa shape index (κ3) is 4.51. The molecule has 19 heavy (non-hydrogen) atoms. The minimum absolute atomic E-state index is 0.234. The molecule has 2 rings (SSSR count). The van der Waals surface area contributed by atoms with Gasteiger partial charge < -0.3 is 10.4 Å². The van der Waals surface area contributed by atoms with Crippen LogP contribution in [0.1, 0.15) is 24.1 Å². The lowest BCUT2D eigenvalue weighted by Gasteiger charge is -2.20. The third-order valence-corrected chi connectivity index (χ3v) is 3.14. The highest BCUT2D eigenvalue weighted by Gasteiger charge is 2.12. The molecule has 2 heteroatoms. The zero-order chi connectivity index (χ0) is 13.5. The van der Waals surface area contributed by atoms with E-state index in [1.165, 1.54) is 11.1 Å². The van der Waals surface area contributed by atoms with Gasteiger partial charge in [-0.3, -0.25) is 0 Å². The van der Waals surface area contributed by atoms with Crippen LogP contribution in [0.3, 0.4) is 0 Å². The molecule has 100 valence electrons. The van der Waals surface area contributed by atoms with E-state index < -0.39 is 0 Å². The van der Waals surface area contributed by atoms with Crippen LogP contribution >= 0.6 is 0 Å². The Morgan fingerprint density at radius 1 is 0.947 bits per heavy atom. The van der Waals surface area contributed by atoms with Crippen molar-refractivity contribution in [2.24, 2.45) is 0 Å². The van der Waals surface area contributed by atoms with Crippen molar-refractivity contribution in [3.63, 3.8) is 0 Å². The van der Waals surface area contributed by atoms with E-state index >= 15 is 0 Å². The van der Waals surface area contributed by atoms with E-state index in [0.717, 1.165) is 6.42 Å². The molecule has 0 aliphatic heterocycles. The average molecular weight is 255 g/mol. The highest BCUT2D eigenvalue weighted by molar-refractivity contribution is 5.23. The molecule has 0 aliphatic carbocycles. The highest BCUT2D eigenvalue weighted by atomic mass is 16.3. The maximum atomic E-state index is 9.45. The van der Waals surface area contributed by atoms with Crippen molar-refractivity contribution in [2.45, 2.75) is 25.5 Å². The second-order valence-corrected chi connectivity index (χ2v) is 4.91. The molecule has 2 unspecified atom stereocenters. The fourth-order valence-corrected chi connectivity index (χ4v) is 2.16. The molecule has 0 amide bonds. The van der Waals surface area contributed by atoms with Gasteiger partial charge in [0.25, 0.3) is 0 Å². The van der Waals surface area contributed by atoms with Gasteiger partial charge in [-0.1, -0.05) is 60.7 Å². The van der Waals surface area contributed by atoms with Crippen LogP contribution in [0.4, 0.5) is 0 Å². The van der Waals surface area contributed by atoms with Crippen molar-refractivity contribution < 1.29 is 5.11 Å². The van der Waals surface area contributed by atoms with E-state index in [4.69, 9.17) is 0 Å². The van der Waals surface area contributed by atoms with Crippen LogP contribution in [-0.2, 0) is 6.42 Å². The molecule has 0 saturated heterocycles. The number of aliphatic hydroxyl groups excluding tert-OH is 1. The number of aliphatic hydroxyl groups is 1. The van der Waals surface area contributed by atoms with Gasteiger partial charge in [0.2, 0.25) is 0 Å². The molecule has 0 saturated carbocycles. The maximum Gasteiger partial charge on any atom is 0.0636 e. The van der Waals surface area contributed by atoms with Gasteiger partial charge in [-0.05, 0) is 24.5 Å².